The molecule has 0 radical (unpaired) electrons. The Morgan fingerprint density at radius 2 is 2.15 bits per heavy atom. The summed E-state index contributed by atoms with van der Waals surface area (Å²) in [5.74, 6) is 0.987. The van der Waals surface area contributed by atoms with Gasteiger partial charge >= 0.3 is 0 Å². The summed E-state index contributed by atoms with van der Waals surface area (Å²) < 4.78 is 20.5. The van der Waals surface area contributed by atoms with Gasteiger partial charge in [-0.2, -0.15) is 0 Å². The number of benzene rings is 1. The number of halogens is 2. The van der Waals surface area contributed by atoms with Gasteiger partial charge in [-0.1, -0.05) is 15.9 Å². The van der Waals surface area contributed by atoms with E-state index in [9.17, 15) is 4.39 Å². The number of fused-ring (bicyclic) bond motifs is 1. The Kier molecular flexibility index (Phi) is 3.60. The molecule has 1 aliphatic heterocycles. The van der Waals surface area contributed by atoms with Crippen LogP contribution in [0.1, 0.15) is 35.9 Å². The molecular weight excluding hydrogens is 325 g/mol. The van der Waals surface area contributed by atoms with Gasteiger partial charge in [0.1, 0.15) is 5.82 Å². The standard InChI is InChI=1S/C14H15BrFN3O/c1-8(14-18-17-9(2)20-14)19-6-5-10-11(7-19)13(16)4-3-12(10)15/h3-4,8H,5-7H2,1-2H3/t8-/m1/s1. The zero-order valence-electron chi connectivity index (χ0n) is 11.4. The largest absolute Gasteiger partial charge is 0.424 e. The molecule has 0 spiro atoms. The van der Waals surface area contributed by atoms with Crippen LogP contribution in [0.25, 0.3) is 0 Å². The van der Waals surface area contributed by atoms with E-state index >= 15 is 0 Å². The van der Waals surface area contributed by atoms with Crippen LogP contribution in [0.15, 0.2) is 21.0 Å². The number of hydrogen-bond donors (Lipinski definition) is 0. The van der Waals surface area contributed by atoms with Crippen molar-refractivity contribution in [3.05, 3.63) is 45.3 Å². The van der Waals surface area contributed by atoms with Crippen molar-refractivity contribution in [1.82, 2.24) is 15.1 Å². The van der Waals surface area contributed by atoms with Crippen molar-refractivity contribution in [2.75, 3.05) is 6.54 Å². The van der Waals surface area contributed by atoms with Crippen LogP contribution in [0.2, 0.25) is 0 Å². The maximum atomic E-state index is 14.0. The quantitative estimate of drug-likeness (QED) is 0.840. The van der Waals surface area contributed by atoms with Gasteiger partial charge in [0.2, 0.25) is 11.8 Å². The molecule has 20 heavy (non-hydrogen) atoms. The SMILES string of the molecule is Cc1nnc([C@@H](C)N2CCc3c(Br)ccc(F)c3C2)o1. The second kappa shape index (κ2) is 5.26. The lowest BCUT2D eigenvalue weighted by Gasteiger charge is -2.32. The molecule has 1 aromatic heterocycles. The van der Waals surface area contributed by atoms with Gasteiger partial charge in [0.05, 0.1) is 6.04 Å². The number of rotatable bonds is 2. The second-order valence-electron chi connectivity index (χ2n) is 5.04. The van der Waals surface area contributed by atoms with E-state index in [1.807, 2.05) is 6.92 Å². The van der Waals surface area contributed by atoms with E-state index in [-0.39, 0.29) is 11.9 Å². The maximum Gasteiger partial charge on any atom is 0.233 e. The Bertz CT molecular complexity index is 643. The normalized spacial score (nSPS) is 17.0. The Morgan fingerprint density at radius 1 is 1.35 bits per heavy atom. The molecule has 6 heteroatoms. The van der Waals surface area contributed by atoms with Crippen molar-refractivity contribution in [3.8, 4) is 0 Å². The number of nitrogens with zero attached hydrogens (tertiary/aromatic N) is 3. The first-order valence-electron chi connectivity index (χ1n) is 6.56. The van der Waals surface area contributed by atoms with Crippen LogP contribution >= 0.6 is 15.9 Å². The topological polar surface area (TPSA) is 42.2 Å². The van der Waals surface area contributed by atoms with Crippen LogP contribution in [0, 0.1) is 12.7 Å². The van der Waals surface area contributed by atoms with Crippen molar-refractivity contribution in [1.29, 1.82) is 0 Å². The lowest BCUT2D eigenvalue weighted by Crippen LogP contribution is -2.33. The zero-order chi connectivity index (χ0) is 14.3. The smallest absolute Gasteiger partial charge is 0.233 e. The Balaban J connectivity index is 1.87. The molecule has 0 fully saturated rings. The van der Waals surface area contributed by atoms with E-state index in [0.717, 1.165) is 28.6 Å². The first-order valence-corrected chi connectivity index (χ1v) is 7.35. The summed E-state index contributed by atoms with van der Waals surface area (Å²) >= 11 is 3.50. The minimum atomic E-state index is -0.151. The predicted octanol–water partition coefficient (Wildman–Crippen LogP) is 3.40. The third-order valence-corrected chi connectivity index (χ3v) is 4.52. The van der Waals surface area contributed by atoms with Crippen molar-refractivity contribution < 1.29 is 8.81 Å². The minimum absolute atomic E-state index is 0.0114. The molecule has 0 unspecified atom stereocenters. The first kappa shape index (κ1) is 13.7. The first-order chi connectivity index (χ1) is 9.56. The number of aromatic nitrogens is 2. The second-order valence-corrected chi connectivity index (χ2v) is 5.90. The van der Waals surface area contributed by atoms with Crippen LogP contribution in [0.5, 0.6) is 0 Å². The zero-order valence-corrected chi connectivity index (χ0v) is 12.9. The van der Waals surface area contributed by atoms with Crippen LogP contribution in [0.4, 0.5) is 4.39 Å². The van der Waals surface area contributed by atoms with E-state index in [4.69, 9.17) is 4.42 Å². The number of aryl methyl sites for hydroxylation is 1. The summed E-state index contributed by atoms with van der Waals surface area (Å²) in [7, 11) is 0. The van der Waals surface area contributed by atoms with Gasteiger partial charge in [0.25, 0.3) is 0 Å². The molecule has 0 aliphatic carbocycles. The number of hydrogen-bond acceptors (Lipinski definition) is 4. The van der Waals surface area contributed by atoms with Gasteiger partial charge in [-0.15, -0.1) is 10.2 Å². The lowest BCUT2D eigenvalue weighted by molar-refractivity contribution is 0.162. The van der Waals surface area contributed by atoms with Crippen molar-refractivity contribution in [3.63, 3.8) is 0 Å². The van der Waals surface area contributed by atoms with Gasteiger partial charge in [0, 0.05) is 30.0 Å². The highest BCUT2D eigenvalue weighted by Crippen LogP contribution is 2.32. The average molecular weight is 340 g/mol. The molecule has 0 N–H and O–H groups in total. The van der Waals surface area contributed by atoms with Gasteiger partial charge in [-0.05, 0) is 31.0 Å². The predicted molar refractivity (Wildman–Crippen MR) is 75.7 cm³/mol. The van der Waals surface area contributed by atoms with Gasteiger partial charge in [-0.3, -0.25) is 4.90 Å². The maximum absolute atomic E-state index is 14.0. The van der Waals surface area contributed by atoms with Gasteiger partial charge in [-0.25, -0.2) is 4.39 Å². The fourth-order valence-electron chi connectivity index (χ4n) is 2.58. The van der Waals surface area contributed by atoms with Crippen molar-refractivity contribution in [2.24, 2.45) is 0 Å². The molecular formula is C14H15BrFN3O. The summed E-state index contributed by atoms with van der Waals surface area (Å²) in [6.07, 6.45) is 0.811. The average Bonchev–Trinajstić information content (AvgIpc) is 2.88. The molecule has 2 heterocycles. The van der Waals surface area contributed by atoms with E-state index in [2.05, 4.69) is 31.0 Å². The van der Waals surface area contributed by atoms with Crippen LogP contribution in [-0.4, -0.2) is 21.6 Å². The molecule has 0 saturated carbocycles. The van der Waals surface area contributed by atoms with E-state index in [1.54, 1.807) is 13.0 Å². The molecule has 106 valence electrons. The highest BCUT2D eigenvalue weighted by molar-refractivity contribution is 9.10. The highest BCUT2D eigenvalue weighted by atomic mass is 79.9. The summed E-state index contributed by atoms with van der Waals surface area (Å²) in [5.41, 5.74) is 1.82. The Labute approximate surface area is 125 Å². The molecule has 2 aromatic rings. The summed E-state index contributed by atoms with van der Waals surface area (Å²) in [6, 6.07) is 3.27. The molecule has 1 aromatic carbocycles. The Hall–Kier alpha value is -1.27. The molecule has 1 atom stereocenters. The third kappa shape index (κ3) is 2.38. The summed E-state index contributed by atoms with van der Waals surface area (Å²) in [6.45, 7) is 5.18. The summed E-state index contributed by atoms with van der Waals surface area (Å²) in [4.78, 5) is 2.16. The van der Waals surface area contributed by atoms with Crippen molar-refractivity contribution in [2.45, 2.75) is 32.9 Å². The minimum Gasteiger partial charge on any atom is -0.424 e. The summed E-state index contributed by atoms with van der Waals surface area (Å²) in [5, 5.41) is 7.91. The van der Waals surface area contributed by atoms with E-state index in [1.165, 1.54) is 6.07 Å². The molecule has 0 bridgehead atoms. The fourth-order valence-corrected chi connectivity index (χ4v) is 3.15. The van der Waals surface area contributed by atoms with E-state index < -0.39 is 0 Å². The molecule has 1 aliphatic rings. The molecule has 3 rings (SSSR count). The molecule has 4 nitrogen and oxygen atoms in total. The van der Waals surface area contributed by atoms with Crippen LogP contribution in [0.3, 0.4) is 0 Å². The third-order valence-electron chi connectivity index (χ3n) is 3.77. The van der Waals surface area contributed by atoms with Gasteiger partial charge in [0.15, 0.2) is 0 Å². The van der Waals surface area contributed by atoms with Gasteiger partial charge < -0.3 is 4.42 Å². The van der Waals surface area contributed by atoms with Crippen LogP contribution in [-0.2, 0) is 13.0 Å². The lowest BCUT2D eigenvalue weighted by atomic mass is 9.98. The Morgan fingerprint density at radius 3 is 2.85 bits per heavy atom. The van der Waals surface area contributed by atoms with Crippen LogP contribution < -0.4 is 0 Å². The molecule has 0 saturated heterocycles. The monoisotopic (exact) mass is 339 g/mol. The van der Waals surface area contributed by atoms with E-state index in [0.29, 0.717) is 18.3 Å². The van der Waals surface area contributed by atoms with Crippen molar-refractivity contribution >= 4 is 15.9 Å². The fraction of sp³-hybridized carbons (Fsp3) is 0.429. The molecule has 0 amide bonds. The highest BCUT2D eigenvalue weighted by Gasteiger charge is 2.27.